The molecular formula is C3H5N2O2S+. The summed E-state index contributed by atoms with van der Waals surface area (Å²) in [5, 5.41) is 0. The number of hydrogen-bond donors (Lipinski definition) is 2. The van der Waals surface area contributed by atoms with E-state index in [1.807, 2.05) is 0 Å². The average molecular weight is 133 g/mol. The van der Waals surface area contributed by atoms with Crippen molar-refractivity contribution in [2.24, 2.45) is 0 Å². The Morgan fingerprint density at radius 3 is 2.50 bits per heavy atom. The molecule has 0 amide bonds. The van der Waals surface area contributed by atoms with Gasteiger partial charge in [0.2, 0.25) is 0 Å². The molecule has 44 valence electrons. The summed E-state index contributed by atoms with van der Waals surface area (Å²) in [5.41, 5.74) is 0. The van der Waals surface area contributed by atoms with E-state index < -0.39 is 10.2 Å². The summed E-state index contributed by atoms with van der Waals surface area (Å²) in [7, 11) is -3.23. The van der Waals surface area contributed by atoms with Crippen molar-refractivity contribution in [2.45, 2.75) is 0 Å². The summed E-state index contributed by atoms with van der Waals surface area (Å²) in [6.45, 7) is 0. The summed E-state index contributed by atoms with van der Waals surface area (Å²) in [6.07, 6.45) is 4.23. The molecule has 2 N–H and O–H groups in total. The van der Waals surface area contributed by atoms with E-state index in [4.69, 9.17) is 0 Å². The van der Waals surface area contributed by atoms with Crippen LogP contribution >= 0.6 is 0 Å². The lowest BCUT2D eigenvalue weighted by Crippen LogP contribution is -2.77. The molecule has 0 aromatic rings. The summed E-state index contributed by atoms with van der Waals surface area (Å²) in [4.78, 5) is 0. The van der Waals surface area contributed by atoms with Gasteiger partial charge < -0.3 is 0 Å². The lowest BCUT2D eigenvalue weighted by atomic mass is 10.7. The molecule has 0 saturated carbocycles. The van der Waals surface area contributed by atoms with Gasteiger partial charge in [0, 0.05) is 12.3 Å². The molecule has 0 aliphatic carbocycles. The van der Waals surface area contributed by atoms with Gasteiger partial charge in [-0.1, -0.05) is 0 Å². The minimum atomic E-state index is -3.23. The van der Waals surface area contributed by atoms with Crippen molar-refractivity contribution in [1.82, 2.24) is 4.72 Å². The minimum Gasteiger partial charge on any atom is -0.236 e. The molecular weight excluding hydrogens is 128 g/mol. The highest BCUT2D eigenvalue weighted by atomic mass is 32.2. The molecule has 0 aromatic heterocycles. The third-order valence-electron chi connectivity index (χ3n) is 0.639. The van der Waals surface area contributed by atoms with Crippen LogP contribution in [0, 0.1) is 0 Å². The van der Waals surface area contributed by atoms with Crippen molar-refractivity contribution in [3.8, 4) is 0 Å². The predicted molar refractivity (Wildman–Crippen MR) is 28.2 cm³/mol. The second kappa shape index (κ2) is 1.59. The average Bonchev–Trinajstić information content (AvgIpc) is 1.65. The maximum Gasteiger partial charge on any atom is 0.462 e. The Hall–Kier alpha value is -0.840. The molecule has 1 aliphatic heterocycles. The minimum absolute atomic E-state index is 1.34. The van der Waals surface area contributed by atoms with Crippen molar-refractivity contribution in [3.05, 3.63) is 12.3 Å². The second-order valence-corrected chi connectivity index (χ2v) is 2.74. The fourth-order valence-corrected chi connectivity index (χ4v) is 0.923. The van der Waals surface area contributed by atoms with Crippen molar-refractivity contribution in [2.75, 3.05) is 0 Å². The molecule has 0 atom stereocenters. The standard InChI is InChI=1S/C3H4N2O2S/c6-8(7)4-2-1-3-5-8/h1-4H/p+1. The van der Waals surface area contributed by atoms with Gasteiger partial charge in [0.25, 0.3) is 0 Å². The molecule has 0 bridgehead atoms. The summed E-state index contributed by atoms with van der Waals surface area (Å²) >= 11 is 0. The fourth-order valence-electron chi connectivity index (χ4n) is 0.340. The van der Waals surface area contributed by atoms with Crippen LogP contribution in [-0.4, -0.2) is 14.6 Å². The highest BCUT2D eigenvalue weighted by Gasteiger charge is 2.09. The van der Waals surface area contributed by atoms with E-state index in [1.165, 1.54) is 12.4 Å². The van der Waals surface area contributed by atoms with Crippen LogP contribution < -0.4 is 9.12 Å². The molecule has 0 spiro atoms. The van der Waals surface area contributed by atoms with Gasteiger partial charge in [-0.25, -0.2) is 4.72 Å². The van der Waals surface area contributed by atoms with Gasteiger partial charge in [0.15, 0.2) is 6.21 Å². The summed E-state index contributed by atoms with van der Waals surface area (Å²) < 4.78 is 24.9. The highest BCUT2D eigenvalue weighted by molar-refractivity contribution is 7.82. The Balaban J connectivity index is 2.98. The molecule has 5 heteroatoms. The zero-order valence-electron chi connectivity index (χ0n) is 3.96. The van der Waals surface area contributed by atoms with Gasteiger partial charge in [-0.3, -0.25) is 0 Å². The molecule has 0 aromatic carbocycles. The van der Waals surface area contributed by atoms with Gasteiger partial charge in [0.05, 0.1) is 0 Å². The molecule has 1 rings (SSSR count). The Bertz CT molecular complexity index is 226. The number of rotatable bonds is 0. The lowest BCUT2D eigenvalue weighted by molar-refractivity contribution is -0.262. The van der Waals surface area contributed by atoms with E-state index in [2.05, 4.69) is 9.12 Å². The molecule has 0 radical (unpaired) electrons. The molecule has 0 fully saturated rings. The predicted octanol–water partition coefficient (Wildman–Crippen LogP) is -2.50. The number of hydrogen-bond acceptors (Lipinski definition) is 2. The van der Waals surface area contributed by atoms with Gasteiger partial charge in [-0.05, 0) is 0 Å². The van der Waals surface area contributed by atoms with Crippen LogP contribution in [0.25, 0.3) is 0 Å². The normalized spacial score (nSPS) is 22.5. The first-order valence-corrected chi connectivity index (χ1v) is 3.47. The van der Waals surface area contributed by atoms with E-state index in [0.29, 0.717) is 0 Å². The van der Waals surface area contributed by atoms with Crippen molar-refractivity contribution in [1.29, 1.82) is 0 Å². The highest BCUT2D eigenvalue weighted by Crippen LogP contribution is 1.67. The Kier molecular flexibility index (Phi) is 1.05. The second-order valence-electron chi connectivity index (χ2n) is 1.26. The van der Waals surface area contributed by atoms with E-state index in [9.17, 15) is 8.42 Å². The van der Waals surface area contributed by atoms with Gasteiger partial charge in [-0.15, -0.1) is 12.8 Å². The monoisotopic (exact) mass is 133 g/mol. The molecule has 0 unspecified atom stereocenters. The van der Waals surface area contributed by atoms with E-state index in [1.54, 1.807) is 6.08 Å². The largest absolute Gasteiger partial charge is 0.462 e. The van der Waals surface area contributed by atoms with Crippen LogP contribution in [0.1, 0.15) is 0 Å². The number of nitrogens with one attached hydrogen (secondary N) is 2. The van der Waals surface area contributed by atoms with Gasteiger partial charge >= 0.3 is 10.2 Å². The van der Waals surface area contributed by atoms with E-state index in [0.717, 1.165) is 0 Å². The van der Waals surface area contributed by atoms with Crippen LogP contribution in [0.4, 0.5) is 0 Å². The first-order valence-electron chi connectivity index (χ1n) is 1.99. The third kappa shape index (κ3) is 1.06. The van der Waals surface area contributed by atoms with Crippen LogP contribution in [0.15, 0.2) is 12.3 Å². The van der Waals surface area contributed by atoms with Crippen LogP contribution in [0.5, 0.6) is 0 Å². The number of allylic oxidation sites excluding steroid dienone is 1. The van der Waals surface area contributed by atoms with Crippen molar-refractivity contribution >= 4 is 16.4 Å². The first-order chi connectivity index (χ1) is 3.71. The summed E-state index contributed by atoms with van der Waals surface area (Å²) in [5.74, 6) is 0. The Labute approximate surface area is 47.1 Å². The molecule has 1 heterocycles. The fraction of sp³-hybridized carbons (Fsp3) is 0. The van der Waals surface area contributed by atoms with Crippen molar-refractivity contribution < 1.29 is 12.8 Å². The van der Waals surface area contributed by atoms with Crippen LogP contribution in [0.2, 0.25) is 0 Å². The Morgan fingerprint density at radius 1 is 1.50 bits per heavy atom. The van der Waals surface area contributed by atoms with Crippen LogP contribution in [0.3, 0.4) is 0 Å². The topological polar surface area (TPSA) is 60.1 Å². The van der Waals surface area contributed by atoms with Crippen LogP contribution in [-0.2, 0) is 10.2 Å². The zero-order valence-corrected chi connectivity index (χ0v) is 4.77. The maximum atomic E-state index is 10.3. The van der Waals surface area contributed by atoms with E-state index in [-0.39, 0.29) is 0 Å². The van der Waals surface area contributed by atoms with Crippen molar-refractivity contribution in [3.63, 3.8) is 0 Å². The summed E-state index contributed by atoms with van der Waals surface area (Å²) in [6, 6.07) is 0. The third-order valence-corrected chi connectivity index (χ3v) is 1.53. The molecule has 4 nitrogen and oxygen atoms in total. The zero-order chi connectivity index (χ0) is 6.04. The molecule has 0 saturated heterocycles. The maximum absolute atomic E-state index is 10.3. The smallest absolute Gasteiger partial charge is 0.236 e. The molecule has 8 heavy (non-hydrogen) atoms. The first kappa shape index (κ1) is 5.30. The Morgan fingerprint density at radius 2 is 2.25 bits per heavy atom. The SMILES string of the molecule is O=S1(=O)NC=CC=[NH+]1. The molecule has 1 aliphatic rings. The van der Waals surface area contributed by atoms with E-state index >= 15 is 0 Å². The quantitative estimate of drug-likeness (QED) is 0.384. The van der Waals surface area contributed by atoms with Gasteiger partial charge in [-0.2, -0.15) is 0 Å². The van der Waals surface area contributed by atoms with Gasteiger partial charge in [0.1, 0.15) is 0 Å². The lowest BCUT2D eigenvalue weighted by Gasteiger charge is -1.91.